The molecule has 4 unspecified atom stereocenters. The first-order valence-corrected chi connectivity index (χ1v) is 11.2. The number of aliphatic hydroxyl groups excluding tert-OH is 4. The van der Waals surface area contributed by atoms with Crippen LogP contribution in [0.2, 0.25) is 0 Å². The Morgan fingerprint density at radius 3 is 1.06 bits per heavy atom. The SMILES string of the molecule is CC(O)(CO)COCC(C)(COCC(C)(O)CO)OC(C)(COC(C)(O)CO)COC(C)(O)CO. The van der Waals surface area contributed by atoms with Crippen molar-refractivity contribution < 1.29 is 64.5 Å². The van der Waals surface area contributed by atoms with Crippen molar-refractivity contribution in [3.8, 4) is 0 Å². The van der Waals surface area contributed by atoms with Crippen molar-refractivity contribution in [1.82, 2.24) is 0 Å². The van der Waals surface area contributed by atoms with Gasteiger partial charge in [0.2, 0.25) is 0 Å². The van der Waals surface area contributed by atoms with Gasteiger partial charge in [-0.15, -0.1) is 0 Å². The first-order chi connectivity index (χ1) is 15.8. The molecule has 0 aromatic heterocycles. The molecule has 0 heterocycles. The fourth-order valence-electron chi connectivity index (χ4n) is 2.57. The van der Waals surface area contributed by atoms with Gasteiger partial charge in [-0.1, -0.05) is 0 Å². The largest absolute Gasteiger partial charge is 0.393 e. The molecule has 13 nitrogen and oxygen atoms in total. The van der Waals surface area contributed by atoms with E-state index in [0.29, 0.717) is 0 Å². The Morgan fingerprint density at radius 2 is 0.771 bits per heavy atom. The van der Waals surface area contributed by atoms with E-state index in [0.717, 1.165) is 0 Å². The molecule has 0 aromatic rings. The summed E-state index contributed by atoms with van der Waals surface area (Å²) in [5.41, 5.74) is -5.76. The molecular formula is C22H46O13. The lowest BCUT2D eigenvalue weighted by atomic mass is 10.0. The Bertz CT molecular complexity index is 550. The zero-order valence-electron chi connectivity index (χ0n) is 21.7. The Kier molecular flexibility index (Phi) is 13.7. The van der Waals surface area contributed by atoms with Crippen LogP contribution in [0, 0.1) is 0 Å². The fraction of sp³-hybridized carbons (Fsp3) is 1.00. The van der Waals surface area contributed by atoms with Crippen LogP contribution in [-0.2, 0) is 23.7 Å². The molecule has 0 spiro atoms. The molecule has 212 valence electrons. The van der Waals surface area contributed by atoms with E-state index in [1.807, 2.05) is 0 Å². The molecule has 0 aliphatic rings. The van der Waals surface area contributed by atoms with Crippen LogP contribution in [0.5, 0.6) is 0 Å². The van der Waals surface area contributed by atoms with Crippen LogP contribution in [0.25, 0.3) is 0 Å². The smallest absolute Gasteiger partial charge is 0.186 e. The Balaban J connectivity index is 5.76. The van der Waals surface area contributed by atoms with Crippen LogP contribution in [0.1, 0.15) is 41.5 Å². The predicted octanol–water partition coefficient (Wildman–Crippen LogP) is -2.52. The van der Waals surface area contributed by atoms with Crippen molar-refractivity contribution in [3.63, 3.8) is 0 Å². The molecule has 0 aromatic carbocycles. The van der Waals surface area contributed by atoms with Gasteiger partial charge < -0.3 is 64.5 Å². The maximum Gasteiger partial charge on any atom is 0.186 e. The van der Waals surface area contributed by atoms with Gasteiger partial charge in [-0.25, -0.2) is 0 Å². The standard InChI is InChI=1S/C22H46O13/c1-17(27,7-23)11-31-13-19(3,14-32-12-18(2,28)8-24)35-20(4,15-33-21(5,29)9-25)16-34-22(6,30)10-26/h23-30H,7-16H2,1-6H3. The number of hydrogen-bond acceptors (Lipinski definition) is 13. The average molecular weight is 519 g/mol. The molecule has 0 saturated carbocycles. The van der Waals surface area contributed by atoms with Crippen LogP contribution in [0.4, 0.5) is 0 Å². The molecule has 0 aliphatic carbocycles. The minimum absolute atomic E-state index is 0.188. The van der Waals surface area contributed by atoms with Crippen molar-refractivity contribution in [3.05, 3.63) is 0 Å². The monoisotopic (exact) mass is 518 g/mol. The van der Waals surface area contributed by atoms with Crippen LogP contribution >= 0.6 is 0 Å². The Morgan fingerprint density at radius 1 is 0.457 bits per heavy atom. The summed E-state index contributed by atoms with van der Waals surface area (Å²) >= 11 is 0. The van der Waals surface area contributed by atoms with E-state index < -0.39 is 60.4 Å². The second-order valence-corrected chi connectivity index (χ2v) is 10.5. The lowest BCUT2D eigenvalue weighted by molar-refractivity contribution is -0.295. The first-order valence-electron chi connectivity index (χ1n) is 11.2. The van der Waals surface area contributed by atoms with E-state index in [1.54, 1.807) is 6.92 Å². The van der Waals surface area contributed by atoms with E-state index in [-0.39, 0.29) is 39.6 Å². The molecule has 35 heavy (non-hydrogen) atoms. The number of hydrogen-bond donors (Lipinski definition) is 8. The Labute approximate surface area is 206 Å². The van der Waals surface area contributed by atoms with Crippen molar-refractivity contribution in [1.29, 1.82) is 0 Å². The van der Waals surface area contributed by atoms with Crippen LogP contribution < -0.4 is 0 Å². The summed E-state index contributed by atoms with van der Waals surface area (Å²) in [6, 6.07) is 0. The maximum absolute atomic E-state index is 10.1. The van der Waals surface area contributed by atoms with E-state index in [1.165, 1.54) is 34.6 Å². The molecule has 0 saturated heterocycles. The molecule has 0 fully saturated rings. The lowest BCUT2D eigenvalue weighted by Crippen LogP contribution is -2.55. The highest BCUT2D eigenvalue weighted by atomic mass is 16.7. The third-order valence-electron chi connectivity index (χ3n) is 4.78. The van der Waals surface area contributed by atoms with E-state index in [4.69, 9.17) is 23.7 Å². The third kappa shape index (κ3) is 14.7. The molecule has 0 aliphatic heterocycles. The van der Waals surface area contributed by atoms with Crippen molar-refractivity contribution in [2.45, 2.75) is 75.5 Å². The van der Waals surface area contributed by atoms with Crippen LogP contribution in [0.3, 0.4) is 0 Å². The molecule has 0 bridgehead atoms. The second-order valence-electron chi connectivity index (χ2n) is 10.5. The van der Waals surface area contributed by atoms with Gasteiger partial charge in [0.05, 0.1) is 66.1 Å². The summed E-state index contributed by atoms with van der Waals surface area (Å²) in [7, 11) is 0. The zero-order valence-corrected chi connectivity index (χ0v) is 21.7. The Hall–Kier alpha value is -0.520. The highest BCUT2D eigenvalue weighted by Gasteiger charge is 2.41. The van der Waals surface area contributed by atoms with E-state index in [9.17, 15) is 40.9 Å². The van der Waals surface area contributed by atoms with Gasteiger partial charge in [0.1, 0.15) is 22.4 Å². The molecule has 0 rings (SSSR count). The summed E-state index contributed by atoms with van der Waals surface area (Å²) in [6.07, 6.45) is 0. The molecule has 0 amide bonds. The number of rotatable bonds is 20. The summed E-state index contributed by atoms with van der Waals surface area (Å²) in [6.45, 7) is 4.23. The van der Waals surface area contributed by atoms with Gasteiger partial charge in [-0.2, -0.15) is 0 Å². The van der Waals surface area contributed by atoms with Gasteiger partial charge in [-0.05, 0) is 41.5 Å². The van der Waals surface area contributed by atoms with Crippen molar-refractivity contribution >= 4 is 0 Å². The van der Waals surface area contributed by atoms with Crippen molar-refractivity contribution in [2.75, 3.05) is 66.1 Å². The van der Waals surface area contributed by atoms with Gasteiger partial charge in [0.25, 0.3) is 0 Å². The zero-order chi connectivity index (χ0) is 27.6. The van der Waals surface area contributed by atoms with Gasteiger partial charge in [0, 0.05) is 0 Å². The first kappa shape index (κ1) is 34.5. The summed E-state index contributed by atoms with van der Waals surface area (Å²) in [5, 5.41) is 77.3. The number of aliphatic hydroxyl groups is 8. The van der Waals surface area contributed by atoms with E-state index in [2.05, 4.69) is 0 Å². The average Bonchev–Trinajstić information content (AvgIpc) is 2.76. The highest BCUT2D eigenvalue weighted by Crippen LogP contribution is 2.27. The van der Waals surface area contributed by atoms with Crippen LogP contribution in [-0.4, -0.2) is 141 Å². The molecular weight excluding hydrogens is 472 g/mol. The van der Waals surface area contributed by atoms with Crippen molar-refractivity contribution in [2.24, 2.45) is 0 Å². The normalized spacial score (nSPS) is 22.8. The highest BCUT2D eigenvalue weighted by molar-refractivity contribution is 4.86. The predicted molar refractivity (Wildman–Crippen MR) is 122 cm³/mol. The minimum Gasteiger partial charge on any atom is -0.393 e. The third-order valence-corrected chi connectivity index (χ3v) is 4.78. The second kappa shape index (κ2) is 13.9. The summed E-state index contributed by atoms with van der Waals surface area (Å²) in [5.74, 6) is -3.82. The quantitative estimate of drug-likeness (QED) is 0.0783. The van der Waals surface area contributed by atoms with Gasteiger partial charge in [-0.3, -0.25) is 0 Å². The summed E-state index contributed by atoms with van der Waals surface area (Å²) in [4.78, 5) is 0. The fourth-order valence-corrected chi connectivity index (χ4v) is 2.57. The molecule has 4 atom stereocenters. The summed E-state index contributed by atoms with van der Waals surface area (Å²) < 4.78 is 28.1. The van der Waals surface area contributed by atoms with E-state index >= 15 is 0 Å². The minimum atomic E-state index is -1.91. The van der Waals surface area contributed by atoms with Crippen LogP contribution in [0.15, 0.2) is 0 Å². The van der Waals surface area contributed by atoms with Gasteiger partial charge in [0.15, 0.2) is 11.6 Å². The molecule has 13 heteroatoms. The molecule has 0 radical (unpaired) electrons. The topological polar surface area (TPSA) is 208 Å². The maximum atomic E-state index is 10.1. The van der Waals surface area contributed by atoms with Gasteiger partial charge >= 0.3 is 0 Å². The number of ether oxygens (including phenoxy) is 5. The lowest BCUT2D eigenvalue weighted by Gasteiger charge is -2.42. The molecule has 8 N–H and O–H groups in total.